The summed E-state index contributed by atoms with van der Waals surface area (Å²) in [6, 6.07) is 0. The molecule has 0 fully saturated rings. The molecule has 0 aromatic rings. The number of esters is 2. The lowest BCUT2D eigenvalue weighted by Gasteiger charge is -2.27. The second-order valence-electron chi connectivity index (χ2n) is 5.81. The first-order valence-electron chi connectivity index (χ1n) is 9.23. The Hall–Kier alpha value is -1.55. The zero-order valence-electron chi connectivity index (χ0n) is 17.3. The largest absolute Gasteiger partial charge is 0.476 e. The van der Waals surface area contributed by atoms with Gasteiger partial charge in [0.2, 0.25) is 12.6 Å². The van der Waals surface area contributed by atoms with Crippen LogP contribution in [0.15, 0.2) is 25.3 Å². The van der Waals surface area contributed by atoms with Crippen LogP contribution >= 0.6 is 7.82 Å². The number of hydrogen-bond acceptors (Lipinski definition) is 9. The number of carbonyl (C=O) groups is 2. The van der Waals surface area contributed by atoms with Crippen molar-refractivity contribution in [1.29, 1.82) is 0 Å². The van der Waals surface area contributed by atoms with E-state index in [0.717, 1.165) is 12.2 Å². The Morgan fingerprint density at radius 3 is 1.52 bits per heavy atom. The van der Waals surface area contributed by atoms with Crippen molar-refractivity contribution >= 4 is 19.8 Å². The van der Waals surface area contributed by atoms with Crippen molar-refractivity contribution < 1.29 is 47.0 Å². The Morgan fingerprint density at radius 2 is 1.24 bits per heavy atom. The highest BCUT2D eigenvalue weighted by atomic mass is 31.2. The maximum atomic E-state index is 12.4. The molecule has 0 amide bonds. The Kier molecular flexibility index (Phi) is 13.7. The Bertz CT molecular complexity index is 533. The van der Waals surface area contributed by atoms with E-state index in [4.69, 9.17) is 28.0 Å². The van der Waals surface area contributed by atoms with Crippen molar-refractivity contribution in [1.82, 2.24) is 0 Å². The minimum atomic E-state index is -4.63. The van der Waals surface area contributed by atoms with Crippen molar-refractivity contribution in [3.8, 4) is 0 Å². The van der Waals surface area contributed by atoms with E-state index in [1.165, 1.54) is 13.8 Å². The van der Waals surface area contributed by atoms with Gasteiger partial charge in [-0.15, -0.1) is 0 Å². The molecule has 0 rings (SSSR count). The maximum Gasteiger partial charge on any atom is 0.476 e. The minimum absolute atomic E-state index is 0.233. The monoisotopic (exact) mass is 438 g/mol. The zero-order valence-corrected chi connectivity index (χ0v) is 18.2. The minimum Gasteiger partial charge on any atom is -0.433 e. The Morgan fingerprint density at radius 1 is 0.897 bits per heavy atom. The summed E-state index contributed by atoms with van der Waals surface area (Å²) in [5.74, 6) is -1.42. The molecule has 11 heteroatoms. The fourth-order valence-corrected chi connectivity index (χ4v) is 2.95. The van der Waals surface area contributed by atoms with Gasteiger partial charge in [-0.3, -0.25) is 9.05 Å². The molecule has 0 aliphatic carbocycles. The van der Waals surface area contributed by atoms with Crippen molar-refractivity contribution in [2.75, 3.05) is 0 Å². The van der Waals surface area contributed by atoms with Crippen LogP contribution in [0, 0.1) is 0 Å². The third kappa shape index (κ3) is 13.3. The summed E-state index contributed by atoms with van der Waals surface area (Å²) in [4.78, 5) is 32.5. The molecule has 0 aliphatic heterocycles. The first-order chi connectivity index (χ1) is 13.6. The van der Waals surface area contributed by atoms with E-state index in [-0.39, 0.29) is 12.8 Å². The molecule has 10 nitrogen and oxygen atoms in total. The normalized spacial score (nSPS) is 17.3. The number of carbonyl (C=O) groups excluding carboxylic acids is 2. The zero-order chi connectivity index (χ0) is 22.4. The highest BCUT2D eigenvalue weighted by molar-refractivity contribution is 7.47. The fourth-order valence-electron chi connectivity index (χ4n) is 1.99. The van der Waals surface area contributed by atoms with Gasteiger partial charge < -0.3 is 23.8 Å². The molecule has 168 valence electrons. The van der Waals surface area contributed by atoms with Gasteiger partial charge in [0, 0.05) is 12.2 Å². The molecule has 29 heavy (non-hydrogen) atoms. The molecular formula is C18H31O10P. The van der Waals surface area contributed by atoms with Gasteiger partial charge in [0.1, 0.15) is 0 Å². The molecule has 0 bridgehead atoms. The average Bonchev–Trinajstić information content (AvgIpc) is 2.60. The summed E-state index contributed by atoms with van der Waals surface area (Å²) in [6.45, 7) is 13.0. The van der Waals surface area contributed by atoms with Crippen LogP contribution in [0.3, 0.4) is 0 Å². The second kappa shape index (κ2) is 14.4. The number of phosphoric ester groups is 1. The standard InChI is InChI=1S/C18H31O10P/c1-7-11-17(25-13(5)23-15(19)9-3)27-29(21,22)28-18(12-8-2)26-14(6)24-16(20)10-4/h9-10,13-14,17-18H,3-4,7-8,11-12H2,1-2,5-6H3,(H,21,22). The van der Waals surface area contributed by atoms with Crippen LogP contribution in [-0.4, -0.2) is 42.0 Å². The van der Waals surface area contributed by atoms with E-state index in [1.807, 2.05) is 13.8 Å². The van der Waals surface area contributed by atoms with Gasteiger partial charge in [0.05, 0.1) is 0 Å². The summed E-state index contributed by atoms with van der Waals surface area (Å²) < 4.78 is 42.9. The highest BCUT2D eigenvalue weighted by Crippen LogP contribution is 2.47. The lowest BCUT2D eigenvalue weighted by molar-refractivity contribution is -0.227. The smallest absolute Gasteiger partial charge is 0.433 e. The molecule has 0 aromatic carbocycles. The molecule has 1 N–H and O–H groups in total. The molecule has 4 unspecified atom stereocenters. The van der Waals surface area contributed by atoms with E-state index < -0.39 is 44.9 Å². The fraction of sp³-hybridized carbons (Fsp3) is 0.667. The number of rotatable bonds is 16. The van der Waals surface area contributed by atoms with Gasteiger partial charge in [0.15, 0.2) is 12.6 Å². The topological polar surface area (TPSA) is 127 Å². The molecule has 0 aliphatic rings. The second-order valence-corrected chi connectivity index (χ2v) is 7.16. The van der Waals surface area contributed by atoms with E-state index in [1.54, 1.807) is 0 Å². The maximum absolute atomic E-state index is 12.4. The number of phosphoric acid groups is 1. The van der Waals surface area contributed by atoms with Gasteiger partial charge in [-0.05, 0) is 26.7 Å². The number of ether oxygens (including phenoxy) is 4. The lowest BCUT2D eigenvalue weighted by Crippen LogP contribution is -2.28. The molecule has 0 radical (unpaired) electrons. The van der Waals surface area contributed by atoms with E-state index in [0.29, 0.717) is 12.8 Å². The summed E-state index contributed by atoms with van der Waals surface area (Å²) in [5, 5.41) is 0. The Labute approximate surface area is 171 Å². The van der Waals surface area contributed by atoms with Crippen LogP contribution in [0.1, 0.15) is 53.4 Å². The summed E-state index contributed by atoms with van der Waals surface area (Å²) in [5.41, 5.74) is 0. The predicted molar refractivity (Wildman–Crippen MR) is 103 cm³/mol. The molecule has 0 aromatic heterocycles. The van der Waals surface area contributed by atoms with Crippen molar-refractivity contribution in [2.24, 2.45) is 0 Å². The average molecular weight is 438 g/mol. The van der Waals surface area contributed by atoms with Gasteiger partial charge >= 0.3 is 19.8 Å². The predicted octanol–water partition coefficient (Wildman–Crippen LogP) is 3.56. The molecule has 0 spiro atoms. The van der Waals surface area contributed by atoms with Crippen molar-refractivity contribution in [3.05, 3.63) is 25.3 Å². The molecule has 4 atom stereocenters. The van der Waals surface area contributed by atoms with Gasteiger partial charge in [-0.1, -0.05) is 39.8 Å². The van der Waals surface area contributed by atoms with Gasteiger partial charge in [-0.2, -0.15) is 0 Å². The lowest BCUT2D eigenvalue weighted by atomic mass is 10.3. The van der Waals surface area contributed by atoms with Crippen LogP contribution in [0.5, 0.6) is 0 Å². The molecule has 0 saturated heterocycles. The van der Waals surface area contributed by atoms with Crippen LogP contribution < -0.4 is 0 Å². The van der Waals surface area contributed by atoms with Crippen molar-refractivity contribution in [3.63, 3.8) is 0 Å². The molecule has 0 heterocycles. The highest BCUT2D eigenvalue weighted by Gasteiger charge is 2.33. The first kappa shape index (κ1) is 27.5. The van der Waals surface area contributed by atoms with E-state index in [9.17, 15) is 19.0 Å². The van der Waals surface area contributed by atoms with Gasteiger partial charge in [-0.25, -0.2) is 14.2 Å². The van der Waals surface area contributed by atoms with Gasteiger partial charge in [0.25, 0.3) is 0 Å². The van der Waals surface area contributed by atoms with Crippen LogP contribution in [-0.2, 0) is 42.1 Å². The van der Waals surface area contributed by atoms with Crippen LogP contribution in [0.4, 0.5) is 0 Å². The van der Waals surface area contributed by atoms with Crippen LogP contribution in [0.25, 0.3) is 0 Å². The van der Waals surface area contributed by atoms with Crippen molar-refractivity contribution in [2.45, 2.75) is 78.5 Å². The first-order valence-corrected chi connectivity index (χ1v) is 10.7. The third-order valence-electron chi connectivity index (χ3n) is 3.13. The van der Waals surface area contributed by atoms with Crippen LogP contribution in [0.2, 0.25) is 0 Å². The third-order valence-corrected chi connectivity index (χ3v) is 4.14. The summed E-state index contributed by atoms with van der Waals surface area (Å²) in [7, 11) is -4.63. The molecule has 0 saturated carbocycles. The van der Waals surface area contributed by atoms with E-state index in [2.05, 4.69) is 13.2 Å². The molecular weight excluding hydrogens is 407 g/mol. The summed E-state index contributed by atoms with van der Waals surface area (Å²) >= 11 is 0. The SMILES string of the molecule is C=CC(=O)OC(C)OC(CCC)OP(=O)(O)OC(CCC)OC(C)OC(=O)C=C. The number of hydrogen-bond donors (Lipinski definition) is 1. The summed E-state index contributed by atoms with van der Waals surface area (Å²) in [6.07, 6.45) is -0.954. The Balaban J connectivity index is 4.96. The van der Waals surface area contributed by atoms with E-state index >= 15 is 0 Å². The quantitative estimate of drug-likeness (QED) is 0.165.